The molecule has 0 amide bonds. The van der Waals surface area contributed by atoms with Gasteiger partial charge in [-0.2, -0.15) is 0 Å². The second kappa shape index (κ2) is 4.26. The normalized spacial score (nSPS) is 10.4. The third-order valence-electron chi connectivity index (χ3n) is 2.53. The maximum atomic E-state index is 5.59. The molecule has 0 saturated heterocycles. The average molecular weight is 217 g/mol. The Bertz CT molecular complexity index is 474. The van der Waals surface area contributed by atoms with Crippen LogP contribution in [0.2, 0.25) is 0 Å². The molecule has 0 aliphatic carbocycles. The van der Waals surface area contributed by atoms with Crippen molar-refractivity contribution in [2.75, 3.05) is 12.8 Å². The maximum absolute atomic E-state index is 5.59. The highest BCUT2D eigenvalue weighted by Gasteiger charge is 2.05. The van der Waals surface area contributed by atoms with Crippen molar-refractivity contribution in [1.29, 1.82) is 0 Å². The number of methoxy groups -OCH3 is 1. The first kappa shape index (κ1) is 10.5. The van der Waals surface area contributed by atoms with Gasteiger partial charge in [-0.1, -0.05) is 12.1 Å². The third-order valence-corrected chi connectivity index (χ3v) is 2.53. The van der Waals surface area contributed by atoms with Crippen LogP contribution in [0.5, 0.6) is 5.75 Å². The summed E-state index contributed by atoms with van der Waals surface area (Å²) in [7, 11) is 1.66. The molecule has 0 spiro atoms. The number of imidazole rings is 1. The summed E-state index contributed by atoms with van der Waals surface area (Å²) >= 11 is 0. The largest absolute Gasteiger partial charge is 0.497 e. The first-order valence-corrected chi connectivity index (χ1v) is 5.13. The zero-order valence-electron chi connectivity index (χ0n) is 9.45. The van der Waals surface area contributed by atoms with E-state index >= 15 is 0 Å². The molecule has 0 atom stereocenters. The molecule has 0 aliphatic heterocycles. The number of ether oxygens (including phenoxy) is 1. The number of nitrogens with zero attached hydrogens (tertiary/aromatic N) is 1. The number of aryl methyl sites for hydroxylation is 1. The lowest BCUT2D eigenvalue weighted by Crippen LogP contribution is -1.92. The average Bonchev–Trinajstić information content (AvgIpc) is 2.59. The van der Waals surface area contributed by atoms with Gasteiger partial charge in [-0.3, -0.25) is 0 Å². The molecule has 4 heteroatoms. The minimum atomic E-state index is 0.473. The summed E-state index contributed by atoms with van der Waals surface area (Å²) in [6.45, 7) is 1.97. The lowest BCUT2D eigenvalue weighted by molar-refractivity contribution is 0.414. The Morgan fingerprint density at radius 3 is 2.50 bits per heavy atom. The smallest absolute Gasteiger partial charge is 0.197 e. The van der Waals surface area contributed by atoms with Crippen LogP contribution in [0.15, 0.2) is 24.3 Å². The highest BCUT2D eigenvalue weighted by Crippen LogP contribution is 2.16. The Morgan fingerprint density at radius 2 is 2.00 bits per heavy atom. The van der Waals surface area contributed by atoms with Crippen LogP contribution in [-0.2, 0) is 6.42 Å². The molecule has 0 bridgehead atoms. The quantitative estimate of drug-likeness (QED) is 0.825. The molecule has 1 aromatic carbocycles. The topological polar surface area (TPSA) is 63.9 Å². The molecular weight excluding hydrogens is 202 g/mol. The molecule has 2 rings (SSSR count). The number of benzene rings is 1. The lowest BCUT2D eigenvalue weighted by atomic mass is 10.1. The van der Waals surface area contributed by atoms with Crippen LogP contribution in [0.3, 0.4) is 0 Å². The summed E-state index contributed by atoms with van der Waals surface area (Å²) in [4.78, 5) is 7.23. The first-order chi connectivity index (χ1) is 7.69. The molecule has 0 saturated carbocycles. The second-order valence-corrected chi connectivity index (χ2v) is 3.72. The van der Waals surface area contributed by atoms with Gasteiger partial charge in [0.1, 0.15) is 5.75 Å². The van der Waals surface area contributed by atoms with Crippen LogP contribution < -0.4 is 10.5 Å². The van der Waals surface area contributed by atoms with E-state index < -0.39 is 0 Å². The van der Waals surface area contributed by atoms with Crippen LogP contribution >= 0.6 is 0 Å². The Morgan fingerprint density at radius 1 is 1.31 bits per heavy atom. The van der Waals surface area contributed by atoms with Crippen molar-refractivity contribution in [3.63, 3.8) is 0 Å². The second-order valence-electron chi connectivity index (χ2n) is 3.72. The summed E-state index contributed by atoms with van der Waals surface area (Å²) in [5.41, 5.74) is 8.79. The number of nitrogens with two attached hydrogens (primary N) is 1. The molecule has 0 unspecified atom stereocenters. The summed E-state index contributed by atoms with van der Waals surface area (Å²) in [6, 6.07) is 7.95. The van der Waals surface area contributed by atoms with Gasteiger partial charge >= 0.3 is 0 Å². The van der Waals surface area contributed by atoms with Crippen LogP contribution in [0.1, 0.15) is 17.0 Å². The molecule has 0 fully saturated rings. The first-order valence-electron chi connectivity index (χ1n) is 5.13. The van der Waals surface area contributed by atoms with E-state index in [1.165, 1.54) is 5.56 Å². The summed E-state index contributed by atoms with van der Waals surface area (Å²) in [5, 5.41) is 0. The van der Waals surface area contributed by atoms with E-state index in [4.69, 9.17) is 10.5 Å². The molecule has 84 valence electrons. The highest BCUT2D eigenvalue weighted by molar-refractivity contribution is 5.33. The summed E-state index contributed by atoms with van der Waals surface area (Å²) in [5.74, 6) is 1.34. The van der Waals surface area contributed by atoms with E-state index in [0.29, 0.717) is 5.95 Å². The van der Waals surface area contributed by atoms with Gasteiger partial charge in [0.05, 0.1) is 12.8 Å². The van der Waals surface area contributed by atoms with Gasteiger partial charge in [-0.25, -0.2) is 4.98 Å². The Labute approximate surface area is 94.5 Å². The zero-order chi connectivity index (χ0) is 11.5. The molecular formula is C12H15N3O. The minimum absolute atomic E-state index is 0.473. The van der Waals surface area contributed by atoms with Gasteiger partial charge in [0.25, 0.3) is 0 Å². The lowest BCUT2D eigenvalue weighted by Gasteiger charge is -2.02. The van der Waals surface area contributed by atoms with Crippen molar-refractivity contribution in [2.45, 2.75) is 13.3 Å². The zero-order valence-corrected chi connectivity index (χ0v) is 9.45. The van der Waals surface area contributed by atoms with Gasteiger partial charge in [0.2, 0.25) is 0 Å². The molecule has 0 radical (unpaired) electrons. The number of hydrogen-bond acceptors (Lipinski definition) is 3. The van der Waals surface area contributed by atoms with Gasteiger partial charge in [0, 0.05) is 12.1 Å². The maximum Gasteiger partial charge on any atom is 0.197 e. The van der Waals surface area contributed by atoms with Gasteiger partial charge < -0.3 is 15.5 Å². The van der Waals surface area contributed by atoms with Gasteiger partial charge in [-0.05, 0) is 24.6 Å². The number of hydrogen-bond donors (Lipinski definition) is 2. The number of aromatic nitrogens is 2. The molecule has 1 aromatic heterocycles. The van der Waals surface area contributed by atoms with E-state index in [2.05, 4.69) is 9.97 Å². The van der Waals surface area contributed by atoms with E-state index in [1.807, 2.05) is 31.2 Å². The van der Waals surface area contributed by atoms with Crippen LogP contribution in [0.4, 0.5) is 5.95 Å². The number of nitrogens with one attached hydrogen (secondary N) is 1. The van der Waals surface area contributed by atoms with Crippen LogP contribution in [-0.4, -0.2) is 17.1 Å². The SMILES string of the molecule is COc1ccc(Cc2nc(N)[nH]c2C)cc1. The minimum Gasteiger partial charge on any atom is -0.497 e. The summed E-state index contributed by atoms with van der Waals surface area (Å²) < 4.78 is 5.11. The number of anilines is 1. The Hall–Kier alpha value is -1.97. The fraction of sp³-hybridized carbons (Fsp3) is 0.250. The van der Waals surface area contributed by atoms with Crippen molar-refractivity contribution in [3.8, 4) is 5.75 Å². The van der Waals surface area contributed by atoms with E-state index in [9.17, 15) is 0 Å². The number of nitrogen functional groups attached to an aromatic ring is 1. The molecule has 4 nitrogen and oxygen atoms in total. The van der Waals surface area contributed by atoms with E-state index in [0.717, 1.165) is 23.6 Å². The van der Waals surface area contributed by atoms with E-state index in [1.54, 1.807) is 7.11 Å². The molecule has 16 heavy (non-hydrogen) atoms. The van der Waals surface area contributed by atoms with Gasteiger partial charge in [0.15, 0.2) is 5.95 Å². The van der Waals surface area contributed by atoms with Crippen molar-refractivity contribution in [2.24, 2.45) is 0 Å². The van der Waals surface area contributed by atoms with Crippen molar-refractivity contribution in [1.82, 2.24) is 9.97 Å². The molecule has 0 aliphatic rings. The number of rotatable bonds is 3. The molecule has 3 N–H and O–H groups in total. The standard InChI is InChI=1S/C12H15N3O/c1-8-11(15-12(13)14-8)7-9-3-5-10(16-2)6-4-9/h3-6H,7H2,1-2H3,(H3,13,14,15). The summed E-state index contributed by atoms with van der Waals surface area (Å²) in [6.07, 6.45) is 0.781. The fourth-order valence-electron chi connectivity index (χ4n) is 1.63. The molecule has 1 heterocycles. The van der Waals surface area contributed by atoms with Crippen molar-refractivity contribution < 1.29 is 4.74 Å². The van der Waals surface area contributed by atoms with Crippen LogP contribution in [0.25, 0.3) is 0 Å². The predicted octanol–water partition coefficient (Wildman–Crippen LogP) is 1.90. The van der Waals surface area contributed by atoms with E-state index in [-0.39, 0.29) is 0 Å². The fourth-order valence-corrected chi connectivity index (χ4v) is 1.63. The third kappa shape index (κ3) is 2.16. The Kier molecular flexibility index (Phi) is 2.81. The predicted molar refractivity (Wildman–Crippen MR) is 63.5 cm³/mol. The van der Waals surface area contributed by atoms with Crippen molar-refractivity contribution >= 4 is 5.95 Å². The number of H-pyrrole nitrogens is 1. The highest BCUT2D eigenvalue weighted by atomic mass is 16.5. The number of aromatic amines is 1. The monoisotopic (exact) mass is 217 g/mol. The van der Waals surface area contributed by atoms with Crippen molar-refractivity contribution in [3.05, 3.63) is 41.2 Å². The van der Waals surface area contributed by atoms with Crippen LogP contribution in [0, 0.1) is 6.92 Å². The molecule has 2 aromatic rings. The Balaban J connectivity index is 2.17. The van der Waals surface area contributed by atoms with Gasteiger partial charge in [-0.15, -0.1) is 0 Å².